The fourth-order valence-electron chi connectivity index (χ4n) is 1.72. The van der Waals surface area contributed by atoms with E-state index in [2.05, 4.69) is 9.97 Å². The van der Waals surface area contributed by atoms with Crippen LogP contribution in [0, 0.1) is 0 Å². The molecule has 2 N–H and O–H groups in total. The van der Waals surface area contributed by atoms with Crippen LogP contribution in [0.5, 0.6) is 0 Å². The Hall–Kier alpha value is -1.19. The Morgan fingerprint density at radius 3 is 3.00 bits per heavy atom. The molecule has 4 heteroatoms. The Morgan fingerprint density at radius 2 is 2.33 bits per heavy atom. The number of nitrogen functional groups attached to an aromatic ring is 1. The first kappa shape index (κ1) is 7.46. The normalized spacial score (nSPS) is 27.2. The molecule has 0 bridgehead atoms. The summed E-state index contributed by atoms with van der Waals surface area (Å²) in [6, 6.07) is 0. The third-order valence-electron chi connectivity index (χ3n) is 2.30. The van der Waals surface area contributed by atoms with E-state index in [0.717, 1.165) is 5.56 Å². The zero-order valence-corrected chi connectivity index (χ0v) is 6.79. The predicted molar refractivity (Wildman–Crippen MR) is 43.3 cm³/mol. The predicted octanol–water partition coefficient (Wildman–Crippen LogP) is 1.58. The molecule has 2 atom stereocenters. The van der Waals surface area contributed by atoms with Gasteiger partial charge in [-0.25, -0.2) is 14.4 Å². The maximum atomic E-state index is 13.2. The number of anilines is 1. The topological polar surface area (TPSA) is 51.8 Å². The first-order valence-electron chi connectivity index (χ1n) is 3.94. The fourth-order valence-corrected chi connectivity index (χ4v) is 1.72. The summed E-state index contributed by atoms with van der Waals surface area (Å²) in [6.07, 6.45) is 0.845. The van der Waals surface area contributed by atoms with Gasteiger partial charge < -0.3 is 5.73 Å². The number of halogens is 1. The first-order chi connectivity index (χ1) is 5.70. The second kappa shape index (κ2) is 2.40. The van der Waals surface area contributed by atoms with Gasteiger partial charge in [-0.2, -0.15) is 0 Å². The molecule has 1 aliphatic carbocycles. The fraction of sp³-hybridized carbons (Fsp3) is 0.500. The quantitative estimate of drug-likeness (QED) is 0.638. The average molecular weight is 167 g/mol. The van der Waals surface area contributed by atoms with Crippen molar-refractivity contribution >= 4 is 5.82 Å². The molecule has 0 amide bonds. The van der Waals surface area contributed by atoms with Gasteiger partial charge in [0.1, 0.15) is 18.3 Å². The number of nitrogens with two attached hydrogens (primary N) is 1. The standard InChI is InChI=1S/C8H10FN3/c1-4-2-5(9)7-6(4)8(10)12-3-11-7/h3-5H,2H2,1H3,(H2,10,11,12)/t4-,5?/m1/s1. The van der Waals surface area contributed by atoms with Gasteiger partial charge in [0.2, 0.25) is 0 Å². The number of fused-ring (bicyclic) bond motifs is 1. The van der Waals surface area contributed by atoms with Gasteiger partial charge >= 0.3 is 0 Å². The van der Waals surface area contributed by atoms with Crippen LogP contribution in [0.2, 0.25) is 0 Å². The van der Waals surface area contributed by atoms with Crippen LogP contribution in [0.15, 0.2) is 6.33 Å². The largest absolute Gasteiger partial charge is 0.383 e. The van der Waals surface area contributed by atoms with Crippen LogP contribution in [0.3, 0.4) is 0 Å². The van der Waals surface area contributed by atoms with E-state index in [9.17, 15) is 4.39 Å². The second-order valence-corrected chi connectivity index (χ2v) is 3.16. The van der Waals surface area contributed by atoms with Crippen molar-refractivity contribution in [2.75, 3.05) is 5.73 Å². The molecule has 64 valence electrons. The highest BCUT2D eigenvalue weighted by Crippen LogP contribution is 2.42. The summed E-state index contributed by atoms with van der Waals surface area (Å²) in [5.41, 5.74) is 6.88. The van der Waals surface area contributed by atoms with E-state index in [4.69, 9.17) is 5.73 Å². The molecule has 0 saturated heterocycles. The van der Waals surface area contributed by atoms with Crippen molar-refractivity contribution in [3.8, 4) is 0 Å². The molecule has 1 unspecified atom stereocenters. The number of alkyl halides is 1. The van der Waals surface area contributed by atoms with Crippen molar-refractivity contribution in [2.24, 2.45) is 0 Å². The molecule has 0 saturated carbocycles. The molecule has 2 rings (SSSR count). The molecule has 1 aliphatic rings. The lowest BCUT2D eigenvalue weighted by Crippen LogP contribution is -2.00. The number of rotatable bonds is 0. The summed E-state index contributed by atoms with van der Waals surface area (Å²) < 4.78 is 13.2. The van der Waals surface area contributed by atoms with Gasteiger partial charge in [-0.3, -0.25) is 0 Å². The van der Waals surface area contributed by atoms with E-state index in [-0.39, 0.29) is 5.92 Å². The molecule has 1 heterocycles. The third kappa shape index (κ3) is 0.873. The summed E-state index contributed by atoms with van der Waals surface area (Å²) in [6.45, 7) is 1.94. The molecule has 0 aromatic carbocycles. The zero-order valence-electron chi connectivity index (χ0n) is 6.79. The van der Waals surface area contributed by atoms with Crippen LogP contribution in [-0.4, -0.2) is 9.97 Å². The van der Waals surface area contributed by atoms with Gasteiger partial charge in [0.05, 0.1) is 5.69 Å². The molecule has 0 radical (unpaired) electrons. The molecular weight excluding hydrogens is 157 g/mol. The van der Waals surface area contributed by atoms with Gasteiger partial charge in [-0.05, 0) is 12.3 Å². The SMILES string of the molecule is C[C@@H]1CC(F)c2ncnc(N)c21. The van der Waals surface area contributed by atoms with E-state index >= 15 is 0 Å². The lowest BCUT2D eigenvalue weighted by molar-refractivity contribution is 0.326. The van der Waals surface area contributed by atoms with Crippen molar-refractivity contribution in [2.45, 2.75) is 25.4 Å². The van der Waals surface area contributed by atoms with Crippen LogP contribution < -0.4 is 5.73 Å². The van der Waals surface area contributed by atoms with Gasteiger partial charge in [-0.1, -0.05) is 6.92 Å². The maximum absolute atomic E-state index is 13.2. The Kier molecular flexibility index (Phi) is 1.49. The van der Waals surface area contributed by atoms with E-state index < -0.39 is 6.17 Å². The highest BCUT2D eigenvalue weighted by atomic mass is 19.1. The highest BCUT2D eigenvalue weighted by Gasteiger charge is 2.31. The lowest BCUT2D eigenvalue weighted by Gasteiger charge is -2.04. The van der Waals surface area contributed by atoms with Gasteiger partial charge in [0.15, 0.2) is 0 Å². The number of nitrogens with zero attached hydrogens (tertiary/aromatic N) is 2. The van der Waals surface area contributed by atoms with Crippen LogP contribution in [0.1, 0.15) is 36.7 Å². The lowest BCUT2D eigenvalue weighted by atomic mass is 10.1. The smallest absolute Gasteiger partial charge is 0.143 e. The summed E-state index contributed by atoms with van der Waals surface area (Å²) >= 11 is 0. The van der Waals surface area contributed by atoms with E-state index in [0.29, 0.717) is 17.9 Å². The van der Waals surface area contributed by atoms with E-state index in [1.54, 1.807) is 0 Å². The molecule has 3 nitrogen and oxygen atoms in total. The summed E-state index contributed by atoms with van der Waals surface area (Å²) in [4.78, 5) is 7.72. The van der Waals surface area contributed by atoms with Crippen LogP contribution in [0.4, 0.5) is 10.2 Å². The zero-order chi connectivity index (χ0) is 8.72. The summed E-state index contributed by atoms with van der Waals surface area (Å²) in [5, 5.41) is 0. The van der Waals surface area contributed by atoms with Crippen molar-refractivity contribution in [3.05, 3.63) is 17.6 Å². The highest BCUT2D eigenvalue weighted by molar-refractivity contribution is 5.47. The molecular formula is C8H10FN3. The Labute approximate surface area is 69.8 Å². The maximum Gasteiger partial charge on any atom is 0.143 e. The molecule has 0 aliphatic heterocycles. The van der Waals surface area contributed by atoms with Crippen LogP contribution in [0.25, 0.3) is 0 Å². The van der Waals surface area contributed by atoms with Crippen molar-refractivity contribution in [1.82, 2.24) is 9.97 Å². The second-order valence-electron chi connectivity index (χ2n) is 3.16. The molecule has 12 heavy (non-hydrogen) atoms. The van der Waals surface area contributed by atoms with Gasteiger partial charge in [0, 0.05) is 5.56 Å². The monoisotopic (exact) mass is 167 g/mol. The van der Waals surface area contributed by atoms with Gasteiger partial charge in [0.25, 0.3) is 0 Å². The minimum Gasteiger partial charge on any atom is -0.383 e. The Bertz CT molecular complexity index is 313. The van der Waals surface area contributed by atoms with E-state index in [1.807, 2.05) is 6.92 Å². The van der Waals surface area contributed by atoms with Crippen molar-refractivity contribution < 1.29 is 4.39 Å². The minimum atomic E-state index is -0.958. The van der Waals surface area contributed by atoms with Crippen LogP contribution in [-0.2, 0) is 0 Å². The van der Waals surface area contributed by atoms with Crippen LogP contribution >= 0.6 is 0 Å². The summed E-state index contributed by atoms with van der Waals surface area (Å²) in [7, 11) is 0. The first-order valence-corrected chi connectivity index (χ1v) is 3.94. The molecule has 1 aromatic rings. The van der Waals surface area contributed by atoms with E-state index in [1.165, 1.54) is 6.33 Å². The minimum absolute atomic E-state index is 0.149. The summed E-state index contributed by atoms with van der Waals surface area (Å²) in [5.74, 6) is 0.573. The van der Waals surface area contributed by atoms with Crippen molar-refractivity contribution in [3.63, 3.8) is 0 Å². The van der Waals surface area contributed by atoms with Gasteiger partial charge in [-0.15, -0.1) is 0 Å². The average Bonchev–Trinajstić information content (AvgIpc) is 2.29. The number of hydrogen-bond acceptors (Lipinski definition) is 3. The third-order valence-corrected chi connectivity index (χ3v) is 2.30. The number of hydrogen-bond donors (Lipinski definition) is 1. The number of aromatic nitrogens is 2. The molecule has 0 fully saturated rings. The Balaban J connectivity index is 2.59. The Morgan fingerprint density at radius 1 is 1.58 bits per heavy atom. The molecule has 0 spiro atoms. The molecule has 1 aromatic heterocycles. The van der Waals surface area contributed by atoms with Crippen molar-refractivity contribution in [1.29, 1.82) is 0 Å².